The van der Waals surface area contributed by atoms with Crippen LogP contribution in [0.3, 0.4) is 0 Å². The van der Waals surface area contributed by atoms with E-state index in [9.17, 15) is 19.2 Å². The highest BCUT2D eigenvalue weighted by atomic mass is 16.7. The molecular formula is C40H39NO10. The minimum Gasteiger partial charge on any atom is -0.497 e. The SMILES string of the molecule is COc1ccc(O[C@@H]2O[C@H](COCc3ccccc3)[C@@H](OC(=O)CCC(C)=O)[C@H](OCc3ccccc3)[C@H]2N2C(=O)c3ccccc3C2=O)cc1. The van der Waals surface area contributed by atoms with Crippen molar-refractivity contribution in [1.82, 2.24) is 4.90 Å². The second kappa shape index (κ2) is 16.6. The van der Waals surface area contributed by atoms with Gasteiger partial charge in [0.15, 0.2) is 6.10 Å². The van der Waals surface area contributed by atoms with E-state index in [2.05, 4.69) is 0 Å². The standard InChI is InChI=1S/C40H39NO10/c1-26(42)17-22-34(43)51-36-33(25-47-23-27-11-5-3-6-12-27)50-40(49-30-20-18-29(46-2)19-21-30)35(37(36)48-24-28-13-7-4-8-14-28)41-38(44)31-15-9-10-16-32(31)39(41)45/h3-16,18-21,33,35-37,40H,17,22-25H2,1-2H3/t33-,35-,36-,37-,40-/m1/s1. The van der Waals surface area contributed by atoms with Gasteiger partial charge in [-0.2, -0.15) is 0 Å². The summed E-state index contributed by atoms with van der Waals surface area (Å²) in [5.74, 6) is -1.02. The minimum atomic E-state index is -1.29. The van der Waals surface area contributed by atoms with Gasteiger partial charge in [-0.3, -0.25) is 19.3 Å². The summed E-state index contributed by atoms with van der Waals surface area (Å²) >= 11 is 0. The van der Waals surface area contributed by atoms with Crippen molar-refractivity contribution in [3.63, 3.8) is 0 Å². The molecule has 0 bridgehead atoms. The van der Waals surface area contributed by atoms with Gasteiger partial charge >= 0.3 is 5.97 Å². The molecule has 1 fully saturated rings. The van der Waals surface area contributed by atoms with Crippen molar-refractivity contribution in [2.24, 2.45) is 0 Å². The Bertz CT molecular complexity index is 1780. The Morgan fingerprint density at radius 1 is 0.706 bits per heavy atom. The summed E-state index contributed by atoms with van der Waals surface area (Å²) in [7, 11) is 1.55. The summed E-state index contributed by atoms with van der Waals surface area (Å²) in [6.07, 6.45) is -4.82. The first-order chi connectivity index (χ1) is 24.8. The Labute approximate surface area is 296 Å². The number of ether oxygens (including phenoxy) is 6. The predicted molar refractivity (Wildman–Crippen MR) is 184 cm³/mol. The van der Waals surface area contributed by atoms with Crippen LogP contribution in [0, 0.1) is 0 Å². The van der Waals surface area contributed by atoms with Crippen molar-refractivity contribution < 1.29 is 47.6 Å². The van der Waals surface area contributed by atoms with Crippen LogP contribution in [-0.4, -0.2) is 72.8 Å². The Hall–Kier alpha value is -5.36. The van der Waals surface area contributed by atoms with E-state index in [4.69, 9.17) is 28.4 Å². The van der Waals surface area contributed by atoms with Gasteiger partial charge < -0.3 is 33.2 Å². The average molecular weight is 694 g/mol. The quantitative estimate of drug-likeness (QED) is 0.116. The smallest absolute Gasteiger partial charge is 0.306 e. The Morgan fingerprint density at radius 3 is 1.86 bits per heavy atom. The highest BCUT2D eigenvalue weighted by molar-refractivity contribution is 6.21. The molecule has 0 N–H and O–H groups in total. The Balaban J connectivity index is 1.41. The fraction of sp³-hybridized carbons (Fsp3) is 0.300. The number of carbonyl (C=O) groups excluding carboxylic acids is 4. The molecule has 2 aliphatic heterocycles. The molecule has 0 radical (unpaired) electrons. The van der Waals surface area contributed by atoms with Crippen molar-refractivity contribution in [2.45, 2.75) is 63.6 Å². The summed E-state index contributed by atoms with van der Waals surface area (Å²) in [4.78, 5) is 54.3. The first-order valence-corrected chi connectivity index (χ1v) is 16.7. The number of hydrogen-bond acceptors (Lipinski definition) is 10. The molecule has 4 aromatic carbocycles. The summed E-state index contributed by atoms with van der Waals surface area (Å²) in [6.45, 7) is 1.59. The van der Waals surface area contributed by atoms with E-state index < -0.39 is 48.4 Å². The molecule has 0 aromatic heterocycles. The molecule has 0 unspecified atom stereocenters. The van der Waals surface area contributed by atoms with Crippen LogP contribution >= 0.6 is 0 Å². The van der Waals surface area contributed by atoms with Gasteiger partial charge in [0.25, 0.3) is 11.8 Å². The number of carbonyl (C=O) groups is 4. The molecule has 1 saturated heterocycles. The van der Waals surface area contributed by atoms with Gasteiger partial charge in [-0.25, -0.2) is 0 Å². The number of Topliss-reactive ketones (excluding diaryl/α,β-unsaturated/α-hetero) is 1. The van der Waals surface area contributed by atoms with E-state index in [1.807, 2.05) is 60.7 Å². The van der Waals surface area contributed by atoms with Crippen LogP contribution in [0.2, 0.25) is 0 Å². The number of rotatable bonds is 15. The first-order valence-electron chi connectivity index (χ1n) is 16.7. The largest absolute Gasteiger partial charge is 0.497 e. The molecule has 2 heterocycles. The molecule has 11 heteroatoms. The topological polar surface area (TPSA) is 127 Å². The highest BCUT2D eigenvalue weighted by Crippen LogP contribution is 2.37. The van der Waals surface area contributed by atoms with Crippen molar-refractivity contribution in [2.75, 3.05) is 13.7 Å². The van der Waals surface area contributed by atoms with Crippen molar-refractivity contribution >= 4 is 23.6 Å². The van der Waals surface area contributed by atoms with E-state index in [-0.39, 0.29) is 49.6 Å². The van der Waals surface area contributed by atoms with Crippen LogP contribution in [0.15, 0.2) is 109 Å². The van der Waals surface area contributed by atoms with E-state index >= 15 is 0 Å². The van der Waals surface area contributed by atoms with Gasteiger partial charge in [0.1, 0.15) is 35.5 Å². The summed E-state index contributed by atoms with van der Waals surface area (Å²) < 4.78 is 37.1. The van der Waals surface area contributed by atoms with Crippen LogP contribution in [0.1, 0.15) is 51.6 Å². The summed E-state index contributed by atoms with van der Waals surface area (Å²) in [5.41, 5.74) is 2.15. The van der Waals surface area contributed by atoms with Gasteiger partial charge in [-0.15, -0.1) is 0 Å². The first kappa shape index (κ1) is 35.5. The maximum Gasteiger partial charge on any atom is 0.306 e. The normalized spacial score (nSPS) is 21.2. The number of methoxy groups -OCH3 is 1. The number of benzene rings is 4. The molecule has 0 aliphatic carbocycles. The number of amides is 2. The lowest BCUT2D eigenvalue weighted by molar-refractivity contribution is -0.272. The van der Waals surface area contributed by atoms with E-state index in [1.54, 1.807) is 55.6 Å². The zero-order valence-electron chi connectivity index (χ0n) is 28.3. The number of fused-ring (bicyclic) bond motifs is 1. The highest BCUT2D eigenvalue weighted by Gasteiger charge is 2.56. The zero-order valence-corrected chi connectivity index (χ0v) is 28.3. The third-order valence-electron chi connectivity index (χ3n) is 8.68. The Kier molecular flexibility index (Phi) is 11.5. The zero-order chi connectivity index (χ0) is 35.7. The van der Waals surface area contributed by atoms with Gasteiger partial charge in [-0.1, -0.05) is 72.8 Å². The molecule has 4 aromatic rings. The molecule has 264 valence electrons. The van der Waals surface area contributed by atoms with E-state index in [1.165, 1.54) is 6.92 Å². The Morgan fingerprint density at radius 2 is 1.27 bits per heavy atom. The third kappa shape index (κ3) is 8.51. The molecular weight excluding hydrogens is 654 g/mol. The van der Waals surface area contributed by atoms with Crippen LogP contribution < -0.4 is 9.47 Å². The molecule has 0 saturated carbocycles. The van der Waals surface area contributed by atoms with Crippen molar-refractivity contribution in [1.29, 1.82) is 0 Å². The fourth-order valence-corrected chi connectivity index (χ4v) is 6.12. The van der Waals surface area contributed by atoms with Crippen LogP contribution in [0.25, 0.3) is 0 Å². The van der Waals surface area contributed by atoms with Crippen molar-refractivity contribution in [3.8, 4) is 11.5 Å². The van der Waals surface area contributed by atoms with Crippen LogP contribution in [0.4, 0.5) is 0 Å². The van der Waals surface area contributed by atoms with Crippen LogP contribution in [0.5, 0.6) is 11.5 Å². The minimum absolute atomic E-state index is 0.0256. The maximum absolute atomic E-state index is 14.1. The monoisotopic (exact) mass is 693 g/mol. The van der Waals surface area contributed by atoms with Gasteiger partial charge in [0.05, 0.1) is 44.5 Å². The van der Waals surface area contributed by atoms with E-state index in [0.29, 0.717) is 11.5 Å². The van der Waals surface area contributed by atoms with Gasteiger partial charge in [0.2, 0.25) is 6.29 Å². The van der Waals surface area contributed by atoms with Gasteiger partial charge in [0, 0.05) is 6.42 Å². The summed E-state index contributed by atoms with van der Waals surface area (Å²) in [6, 6.07) is 30.9. The predicted octanol–water partition coefficient (Wildman–Crippen LogP) is 5.55. The fourth-order valence-electron chi connectivity index (χ4n) is 6.12. The van der Waals surface area contributed by atoms with Gasteiger partial charge in [-0.05, 0) is 54.4 Å². The number of imide groups is 1. The van der Waals surface area contributed by atoms with Crippen molar-refractivity contribution in [3.05, 3.63) is 131 Å². The molecule has 5 atom stereocenters. The lowest BCUT2D eigenvalue weighted by atomic mass is 9.94. The number of ketones is 1. The number of esters is 1. The van der Waals surface area contributed by atoms with E-state index in [0.717, 1.165) is 16.0 Å². The molecule has 2 amide bonds. The lowest BCUT2D eigenvalue weighted by Gasteiger charge is -2.47. The molecule has 6 rings (SSSR count). The molecule has 0 spiro atoms. The number of nitrogens with zero attached hydrogens (tertiary/aromatic N) is 1. The maximum atomic E-state index is 14.1. The molecule has 51 heavy (non-hydrogen) atoms. The molecule has 11 nitrogen and oxygen atoms in total. The lowest BCUT2D eigenvalue weighted by Crippen LogP contribution is -2.68. The van der Waals surface area contributed by atoms with Crippen LogP contribution in [-0.2, 0) is 41.8 Å². The molecule has 2 aliphatic rings. The second-order valence-corrected chi connectivity index (χ2v) is 12.3. The summed E-state index contributed by atoms with van der Waals surface area (Å²) in [5, 5.41) is 0. The second-order valence-electron chi connectivity index (χ2n) is 12.3. The third-order valence-corrected chi connectivity index (χ3v) is 8.68. The average Bonchev–Trinajstić information content (AvgIpc) is 3.40. The number of hydrogen-bond donors (Lipinski definition) is 0.